The lowest BCUT2D eigenvalue weighted by Crippen LogP contribution is -2.71. The number of β-lactam (4-membered cyclic amide) rings is 1. The van der Waals surface area contributed by atoms with Crippen molar-refractivity contribution in [1.29, 1.82) is 0 Å². The first-order valence-electron chi connectivity index (χ1n) is 11.9. The monoisotopic (exact) mass is 523 g/mol. The number of carbonyl (C=O) groups excluding carboxylic acids is 3. The predicted molar refractivity (Wildman–Crippen MR) is 130 cm³/mol. The maximum Gasteiger partial charge on any atom is 0.278 e. The Morgan fingerprint density at radius 1 is 1.27 bits per heavy atom. The minimum Gasteiger partial charge on any atom is -0.543 e. The topological polar surface area (TPSA) is 167 Å². The van der Waals surface area contributed by atoms with Gasteiger partial charge in [-0.25, -0.2) is 14.5 Å². The number of pyridine rings is 1. The van der Waals surface area contributed by atoms with Crippen LogP contribution in [-0.4, -0.2) is 61.6 Å². The van der Waals surface area contributed by atoms with Crippen molar-refractivity contribution in [1.82, 2.24) is 20.2 Å². The van der Waals surface area contributed by atoms with E-state index in [1.807, 2.05) is 35.2 Å². The Kier molecular flexibility index (Phi) is 7.04. The Morgan fingerprint density at radius 3 is 2.73 bits per heavy atom. The molecule has 2 aromatic rings. The van der Waals surface area contributed by atoms with E-state index in [9.17, 15) is 19.5 Å². The van der Waals surface area contributed by atoms with Crippen LogP contribution in [-0.2, 0) is 25.8 Å². The summed E-state index contributed by atoms with van der Waals surface area (Å²) in [7, 11) is 0. The molecule has 3 N–H and O–H groups in total. The standard InChI is InChI=1S/C24H25N7O5S/c25-16-8-9-26-20(27-16)17(29-36-15-6-2-3-7-15)21(32)28-18-22(33)31-19(24(34)35)14(13-37-23(18)31)12-30-10-4-1-5-11-30/h1,4-5,8-11,15,18,23H,2-3,6-7,12-13H2,(H3-,25,26,27,28,32,34,35)/b29-17-/t18?,23-/m1/s1. The van der Waals surface area contributed by atoms with Crippen LogP contribution in [0.2, 0.25) is 0 Å². The van der Waals surface area contributed by atoms with Crippen molar-refractivity contribution in [3.8, 4) is 0 Å². The second-order valence-corrected chi connectivity index (χ2v) is 10.0. The molecular formula is C24H25N7O5S. The number of nitrogens with one attached hydrogen (secondary N) is 1. The molecule has 3 aliphatic rings. The number of carboxylic acids is 1. The largest absolute Gasteiger partial charge is 0.543 e. The molecule has 2 fully saturated rings. The molecule has 1 aliphatic carbocycles. The van der Waals surface area contributed by atoms with E-state index in [0.29, 0.717) is 17.9 Å². The molecule has 1 unspecified atom stereocenters. The van der Waals surface area contributed by atoms with Gasteiger partial charge in [-0.05, 0) is 31.7 Å². The van der Waals surface area contributed by atoms with Gasteiger partial charge in [0.1, 0.15) is 23.3 Å². The molecule has 12 nitrogen and oxygen atoms in total. The Bertz CT molecular complexity index is 1280. The van der Waals surface area contributed by atoms with Gasteiger partial charge in [-0.2, -0.15) is 0 Å². The zero-order valence-electron chi connectivity index (χ0n) is 19.8. The number of nitrogen functional groups attached to an aromatic ring is 1. The van der Waals surface area contributed by atoms with Gasteiger partial charge in [-0.1, -0.05) is 11.2 Å². The van der Waals surface area contributed by atoms with Gasteiger partial charge in [0.05, 0.1) is 11.7 Å². The van der Waals surface area contributed by atoms with Crippen molar-refractivity contribution in [3.63, 3.8) is 0 Å². The third kappa shape index (κ3) is 5.12. The summed E-state index contributed by atoms with van der Waals surface area (Å²) in [6.45, 7) is 0.298. The summed E-state index contributed by atoms with van der Waals surface area (Å²) in [4.78, 5) is 53.2. The number of rotatable bonds is 8. The number of aromatic nitrogens is 3. The molecule has 192 valence electrons. The highest BCUT2D eigenvalue weighted by molar-refractivity contribution is 8.00. The third-order valence-electron chi connectivity index (χ3n) is 6.38. The van der Waals surface area contributed by atoms with Gasteiger partial charge in [0, 0.05) is 29.7 Å². The molecule has 5 rings (SSSR count). The summed E-state index contributed by atoms with van der Waals surface area (Å²) < 4.78 is 1.82. The number of thioether (sulfide) groups is 1. The highest BCUT2D eigenvalue weighted by atomic mass is 32.2. The fourth-order valence-electron chi connectivity index (χ4n) is 4.55. The fourth-order valence-corrected chi connectivity index (χ4v) is 5.89. The number of hydrogen-bond donors (Lipinski definition) is 2. The van der Waals surface area contributed by atoms with Crippen LogP contribution in [0.25, 0.3) is 0 Å². The van der Waals surface area contributed by atoms with E-state index in [4.69, 9.17) is 10.6 Å². The van der Waals surface area contributed by atoms with Crippen molar-refractivity contribution < 1.29 is 28.9 Å². The molecule has 2 atom stereocenters. The lowest BCUT2D eigenvalue weighted by Gasteiger charge is -2.50. The number of carboxylic acid groups (broad SMARTS) is 1. The van der Waals surface area contributed by atoms with Gasteiger partial charge < -0.3 is 25.8 Å². The maximum absolute atomic E-state index is 13.2. The highest BCUT2D eigenvalue weighted by Gasteiger charge is 2.53. The van der Waals surface area contributed by atoms with Crippen LogP contribution in [0.15, 0.2) is 59.3 Å². The van der Waals surface area contributed by atoms with Crippen molar-refractivity contribution >= 4 is 41.1 Å². The van der Waals surface area contributed by atoms with Crippen LogP contribution >= 0.6 is 11.8 Å². The molecule has 0 radical (unpaired) electrons. The summed E-state index contributed by atoms with van der Waals surface area (Å²) >= 11 is 1.36. The second-order valence-electron chi connectivity index (χ2n) is 8.91. The van der Waals surface area contributed by atoms with E-state index in [-0.39, 0.29) is 29.2 Å². The molecule has 13 heteroatoms. The number of anilines is 1. The number of carbonyl (C=O) groups is 3. The third-order valence-corrected chi connectivity index (χ3v) is 7.72. The van der Waals surface area contributed by atoms with E-state index in [0.717, 1.165) is 25.7 Å². The minimum atomic E-state index is -1.43. The molecule has 0 bridgehead atoms. The minimum absolute atomic E-state index is 0.0343. The SMILES string of the molecule is Nc1ccnc(/C(=N/OC2CCCC2)C(=O)NC2C(=O)N3C(C(=O)[O-])=C(C[n+]4ccccc4)CS[C@H]23)n1. The van der Waals surface area contributed by atoms with Crippen LogP contribution in [0, 0.1) is 0 Å². The second kappa shape index (κ2) is 10.5. The Hall–Kier alpha value is -4.00. The molecule has 2 aliphatic heterocycles. The van der Waals surface area contributed by atoms with Crippen LogP contribution < -0.4 is 20.7 Å². The molecular weight excluding hydrogens is 498 g/mol. The maximum atomic E-state index is 13.2. The van der Waals surface area contributed by atoms with Crippen molar-refractivity contribution in [2.24, 2.45) is 5.16 Å². The summed E-state index contributed by atoms with van der Waals surface area (Å²) in [6.07, 6.45) is 8.58. The van der Waals surface area contributed by atoms with E-state index >= 15 is 0 Å². The first-order chi connectivity index (χ1) is 17.9. The molecule has 0 aromatic carbocycles. The van der Waals surface area contributed by atoms with Gasteiger partial charge in [0.25, 0.3) is 11.8 Å². The smallest absolute Gasteiger partial charge is 0.278 e. The number of oxime groups is 1. The number of aliphatic carboxylic acids is 1. The van der Waals surface area contributed by atoms with E-state index in [1.54, 1.807) is 0 Å². The summed E-state index contributed by atoms with van der Waals surface area (Å²) in [6, 6.07) is 6.03. The van der Waals surface area contributed by atoms with E-state index in [2.05, 4.69) is 20.4 Å². The summed E-state index contributed by atoms with van der Waals surface area (Å²) in [5, 5.41) is 18.1. The number of fused-ring (bicyclic) bond motifs is 1. The molecule has 1 saturated heterocycles. The fraction of sp³-hybridized carbons (Fsp3) is 0.375. The van der Waals surface area contributed by atoms with Crippen LogP contribution in [0.3, 0.4) is 0 Å². The Morgan fingerprint density at radius 2 is 2.03 bits per heavy atom. The lowest BCUT2D eigenvalue weighted by atomic mass is 10.0. The van der Waals surface area contributed by atoms with E-state index < -0.39 is 29.2 Å². The van der Waals surface area contributed by atoms with Crippen molar-refractivity contribution in [2.75, 3.05) is 11.5 Å². The summed E-state index contributed by atoms with van der Waals surface area (Å²) in [5.74, 6) is -2.23. The van der Waals surface area contributed by atoms with Crippen molar-refractivity contribution in [3.05, 3.63) is 60.0 Å². The first kappa shape index (κ1) is 24.7. The Balaban J connectivity index is 1.35. The summed E-state index contributed by atoms with van der Waals surface area (Å²) in [5.41, 5.74) is 5.95. The van der Waals surface area contributed by atoms with Gasteiger partial charge >= 0.3 is 0 Å². The zero-order chi connectivity index (χ0) is 25.9. The Labute approximate surface area is 216 Å². The quantitative estimate of drug-likeness (QED) is 0.193. The van der Waals surface area contributed by atoms with Gasteiger partial charge in [0.15, 0.2) is 24.8 Å². The average Bonchev–Trinajstić information content (AvgIpc) is 3.41. The van der Waals surface area contributed by atoms with Crippen LogP contribution in [0.5, 0.6) is 0 Å². The normalized spacial score (nSPS) is 21.9. The molecule has 1 saturated carbocycles. The number of amides is 2. The predicted octanol–water partition coefficient (Wildman–Crippen LogP) is -0.886. The first-order valence-corrected chi connectivity index (χ1v) is 12.9. The van der Waals surface area contributed by atoms with Gasteiger partial charge in [0.2, 0.25) is 5.71 Å². The molecule has 4 heterocycles. The van der Waals surface area contributed by atoms with E-state index in [1.165, 1.54) is 28.9 Å². The average molecular weight is 524 g/mol. The molecule has 2 amide bonds. The van der Waals surface area contributed by atoms with Crippen LogP contribution in [0.4, 0.5) is 5.82 Å². The highest BCUT2D eigenvalue weighted by Crippen LogP contribution is 2.40. The number of nitrogens with two attached hydrogens (primary N) is 1. The van der Waals surface area contributed by atoms with Gasteiger partial charge in [-0.3, -0.25) is 14.5 Å². The van der Waals surface area contributed by atoms with Crippen LogP contribution in [0.1, 0.15) is 31.5 Å². The number of hydrogen-bond acceptors (Lipinski definition) is 10. The molecule has 2 aromatic heterocycles. The molecule has 37 heavy (non-hydrogen) atoms. The number of nitrogens with zero attached hydrogens (tertiary/aromatic N) is 5. The lowest BCUT2D eigenvalue weighted by molar-refractivity contribution is -0.689. The zero-order valence-corrected chi connectivity index (χ0v) is 20.6. The molecule has 0 spiro atoms. The van der Waals surface area contributed by atoms with Gasteiger partial charge in [-0.15, -0.1) is 11.8 Å². The van der Waals surface area contributed by atoms with Crippen molar-refractivity contribution in [2.45, 2.75) is 49.7 Å².